The number of aromatic nitrogens is 1. The van der Waals surface area contributed by atoms with Gasteiger partial charge in [0.25, 0.3) is 0 Å². The summed E-state index contributed by atoms with van der Waals surface area (Å²) >= 11 is 0. The van der Waals surface area contributed by atoms with Crippen LogP contribution in [0.25, 0.3) is 6.08 Å². The zero-order valence-electron chi connectivity index (χ0n) is 24.9. The molecule has 0 aliphatic heterocycles. The van der Waals surface area contributed by atoms with Crippen molar-refractivity contribution in [1.82, 2.24) is 9.88 Å². The number of allylic oxidation sites excluding steroid dienone is 9. The summed E-state index contributed by atoms with van der Waals surface area (Å²) in [4.78, 5) is 0. The summed E-state index contributed by atoms with van der Waals surface area (Å²) in [6.45, 7) is 30.7. The lowest BCUT2D eigenvalue weighted by Crippen LogP contribution is -2.10. The van der Waals surface area contributed by atoms with Crippen LogP contribution in [0.3, 0.4) is 0 Å². The maximum Gasteiger partial charge on any atom is 0.0215 e. The van der Waals surface area contributed by atoms with Crippen molar-refractivity contribution in [1.29, 1.82) is 0 Å². The van der Waals surface area contributed by atoms with Gasteiger partial charge >= 0.3 is 0 Å². The molecule has 2 nitrogen and oxygen atoms in total. The second-order valence-electron chi connectivity index (χ2n) is 10.8. The fourth-order valence-electron chi connectivity index (χ4n) is 4.65. The van der Waals surface area contributed by atoms with Gasteiger partial charge in [0, 0.05) is 25.5 Å². The molecule has 36 heavy (non-hydrogen) atoms. The first kappa shape index (κ1) is 31.3. The molecule has 2 heteroatoms. The van der Waals surface area contributed by atoms with Crippen LogP contribution in [-0.2, 0) is 13.5 Å². The minimum absolute atomic E-state index is 0.304. The highest BCUT2D eigenvalue weighted by atomic mass is 15.0. The average molecular weight is 489 g/mol. The Labute approximate surface area is 223 Å². The number of hydrogen-bond donors (Lipinski definition) is 1. The normalized spacial score (nSPS) is 15.2. The maximum atomic E-state index is 4.56. The van der Waals surface area contributed by atoms with Crippen LogP contribution in [0.4, 0.5) is 0 Å². The van der Waals surface area contributed by atoms with Gasteiger partial charge in [0.05, 0.1) is 0 Å². The van der Waals surface area contributed by atoms with Crippen LogP contribution >= 0.6 is 0 Å². The first-order valence-corrected chi connectivity index (χ1v) is 13.4. The quantitative estimate of drug-likeness (QED) is 0.258. The van der Waals surface area contributed by atoms with Crippen LogP contribution in [0.5, 0.6) is 0 Å². The Kier molecular flexibility index (Phi) is 12.8. The van der Waals surface area contributed by atoms with E-state index in [1.165, 1.54) is 44.8 Å². The smallest absolute Gasteiger partial charge is 0.0215 e. The monoisotopic (exact) mass is 488 g/mol. The van der Waals surface area contributed by atoms with Gasteiger partial charge in [-0.25, -0.2) is 0 Å². The number of nitrogens with zero attached hydrogens (tertiary/aromatic N) is 1. The summed E-state index contributed by atoms with van der Waals surface area (Å²) in [6, 6.07) is 2.33. The van der Waals surface area contributed by atoms with Gasteiger partial charge in [-0.2, -0.15) is 0 Å². The lowest BCUT2D eigenvalue weighted by Gasteiger charge is -2.21. The molecule has 1 rings (SSSR count). The molecule has 2 atom stereocenters. The fourth-order valence-corrected chi connectivity index (χ4v) is 4.65. The van der Waals surface area contributed by atoms with E-state index in [0.29, 0.717) is 17.8 Å². The van der Waals surface area contributed by atoms with Gasteiger partial charge in [-0.1, -0.05) is 76.8 Å². The van der Waals surface area contributed by atoms with Crippen LogP contribution in [0.1, 0.15) is 78.3 Å². The van der Waals surface area contributed by atoms with Gasteiger partial charge in [0.2, 0.25) is 0 Å². The SMILES string of the molecule is C=C/C(=C\c1cc(CC(C)C(=C)/C(C(=C)C)=C(C)/C=C(\C)C(C)CC/C=C/NC)n(C)c1C)C(C)C. The van der Waals surface area contributed by atoms with Crippen LogP contribution in [0.15, 0.2) is 83.7 Å². The van der Waals surface area contributed by atoms with Crippen molar-refractivity contribution >= 4 is 6.08 Å². The molecular formula is C34H52N2. The van der Waals surface area contributed by atoms with Crippen LogP contribution < -0.4 is 5.32 Å². The Balaban J connectivity index is 3.19. The van der Waals surface area contributed by atoms with Crippen molar-refractivity contribution in [3.05, 3.63) is 101 Å². The standard InChI is InChI=1S/C34H52N2/c1-14-31(23(2)3)21-32-22-33(36(13)30(32)11)20-27(8)29(10)34(24(4)5)28(9)19-26(7)25(6)17-15-16-18-35-12/h14,16,18-19,21-23,25,27,35H,1,4,10,15,17,20H2,2-3,5-9,11-13H3/b18-16+,26-19+,31-21+,34-28+. The molecule has 1 aromatic rings. The largest absolute Gasteiger partial charge is 0.394 e. The molecular weight excluding hydrogens is 436 g/mol. The third-order valence-corrected chi connectivity index (χ3v) is 7.42. The molecule has 1 N–H and O–H groups in total. The Hall–Kier alpha value is -2.74. The molecule has 0 saturated heterocycles. The van der Waals surface area contributed by atoms with E-state index in [4.69, 9.17) is 0 Å². The van der Waals surface area contributed by atoms with Crippen LogP contribution in [0, 0.1) is 24.7 Å². The third kappa shape index (κ3) is 8.73. The third-order valence-electron chi connectivity index (χ3n) is 7.42. The van der Waals surface area contributed by atoms with Crippen molar-refractivity contribution in [2.75, 3.05) is 7.05 Å². The first-order valence-electron chi connectivity index (χ1n) is 13.4. The lowest BCUT2D eigenvalue weighted by atomic mass is 9.85. The van der Waals surface area contributed by atoms with Crippen molar-refractivity contribution in [2.24, 2.45) is 24.8 Å². The Morgan fingerprint density at radius 2 is 1.72 bits per heavy atom. The number of rotatable bonds is 14. The molecule has 0 bridgehead atoms. The summed E-state index contributed by atoms with van der Waals surface area (Å²) in [5, 5.41) is 3.06. The summed E-state index contributed by atoms with van der Waals surface area (Å²) in [7, 11) is 4.10. The predicted octanol–water partition coefficient (Wildman–Crippen LogP) is 9.28. The Morgan fingerprint density at radius 1 is 1.08 bits per heavy atom. The van der Waals surface area contributed by atoms with Gasteiger partial charge in [0.1, 0.15) is 0 Å². The van der Waals surface area contributed by atoms with E-state index in [2.05, 4.69) is 116 Å². The van der Waals surface area contributed by atoms with Crippen molar-refractivity contribution in [2.45, 2.75) is 74.7 Å². The second kappa shape index (κ2) is 14.7. The fraction of sp³-hybridized carbons (Fsp3) is 0.471. The Morgan fingerprint density at radius 3 is 2.25 bits per heavy atom. The van der Waals surface area contributed by atoms with Gasteiger partial charge in [-0.05, 0) is 111 Å². The van der Waals surface area contributed by atoms with Crippen LogP contribution in [-0.4, -0.2) is 11.6 Å². The molecule has 0 aliphatic carbocycles. The highest BCUT2D eigenvalue weighted by Crippen LogP contribution is 2.32. The molecule has 198 valence electrons. The van der Waals surface area contributed by atoms with Gasteiger partial charge in [-0.15, -0.1) is 0 Å². The van der Waals surface area contributed by atoms with E-state index in [-0.39, 0.29) is 0 Å². The van der Waals surface area contributed by atoms with Gasteiger partial charge < -0.3 is 9.88 Å². The molecule has 0 aromatic carbocycles. The molecule has 0 spiro atoms. The topological polar surface area (TPSA) is 17.0 Å². The highest BCUT2D eigenvalue weighted by molar-refractivity contribution is 5.60. The average Bonchev–Trinajstić information content (AvgIpc) is 3.06. The molecule has 2 unspecified atom stereocenters. The summed E-state index contributed by atoms with van der Waals surface area (Å²) < 4.78 is 2.32. The minimum Gasteiger partial charge on any atom is -0.394 e. The molecule has 1 aromatic heterocycles. The van der Waals surface area contributed by atoms with E-state index in [9.17, 15) is 0 Å². The van der Waals surface area contributed by atoms with E-state index in [1.807, 2.05) is 19.3 Å². The van der Waals surface area contributed by atoms with Crippen molar-refractivity contribution in [3.8, 4) is 0 Å². The van der Waals surface area contributed by atoms with E-state index in [1.54, 1.807) is 0 Å². The zero-order valence-corrected chi connectivity index (χ0v) is 24.9. The summed E-state index contributed by atoms with van der Waals surface area (Å²) in [5.41, 5.74) is 11.3. The summed E-state index contributed by atoms with van der Waals surface area (Å²) in [6.07, 6.45) is 14.0. The molecule has 0 aliphatic rings. The Bertz CT molecular complexity index is 1050. The second-order valence-corrected chi connectivity index (χ2v) is 10.8. The zero-order chi connectivity index (χ0) is 27.6. The highest BCUT2D eigenvalue weighted by Gasteiger charge is 2.18. The lowest BCUT2D eigenvalue weighted by molar-refractivity contribution is 0.620. The van der Waals surface area contributed by atoms with E-state index >= 15 is 0 Å². The van der Waals surface area contributed by atoms with E-state index < -0.39 is 0 Å². The number of nitrogens with one attached hydrogen (secondary N) is 1. The molecule has 1 heterocycles. The first-order chi connectivity index (χ1) is 16.8. The van der Waals surface area contributed by atoms with E-state index in [0.717, 1.165) is 24.8 Å². The molecule has 0 radical (unpaired) electrons. The molecule has 0 amide bonds. The number of hydrogen-bond acceptors (Lipinski definition) is 1. The van der Waals surface area contributed by atoms with Crippen molar-refractivity contribution in [3.63, 3.8) is 0 Å². The maximum absolute atomic E-state index is 4.56. The van der Waals surface area contributed by atoms with Gasteiger partial charge in [-0.3, -0.25) is 0 Å². The minimum atomic E-state index is 0.304. The summed E-state index contributed by atoms with van der Waals surface area (Å²) in [5.74, 6) is 1.29. The van der Waals surface area contributed by atoms with Gasteiger partial charge in [0.15, 0.2) is 0 Å². The molecule has 0 saturated carbocycles. The molecule has 0 fully saturated rings. The predicted molar refractivity (Wildman–Crippen MR) is 163 cm³/mol. The van der Waals surface area contributed by atoms with Crippen molar-refractivity contribution < 1.29 is 0 Å². The van der Waals surface area contributed by atoms with Crippen LogP contribution in [0.2, 0.25) is 0 Å².